The lowest BCUT2D eigenvalue weighted by atomic mass is 9.97. The van der Waals surface area contributed by atoms with Crippen LogP contribution in [0.2, 0.25) is 0 Å². The molecule has 7 heteroatoms. The van der Waals surface area contributed by atoms with Crippen LogP contribution in [0.3, 0.4) is 0 Å². The third kappa shape index (κ3) is 2.81. The van der Waals surface area contributed by atoms with E-state index in [1.165, 1.54) is 13.2 Å². The molecule has 1 aromatic rings. The van der Waals surface area contributed by atoms with Gasteiger partial charge in [0.05, 0.1) is 18.0 Å². The van der Waals surface area contributed by atoms with Crippen molar-refractivity contribution in [2.45, 2.75) is 12.8 Å². The number of nitro benzene ring substituents is 1. The molecular formula is C13H17N3O4. The smallest absolute Gasteiger partial charge is 0.310 e. The zero-order chi connectivity index (χ0) is 14.7. The van der Waals surface area contributed by atoms with Crippen molar-refractivity contribution in [1.82, 2.24) is 0 Å². The van der Waals surface area contributed by atoms with Crippen LogP contribution >= 0.6 is 0 Å². The first-order valence-electron chi connectivity index (χ1n) is 6.39. The molecule has 1 fully saturated rings. The normalized spacial score (nSPS) is 18.6. The topological polar surface area (TPSA) is 98.7 Å². The molecule has 0 amide bonds. The van der Waals surface area contributed by atoms with Crippen LogP contribution in [0.4, 0.5) is 17.1 Å². The summed E-state index contributed by atoms with van der Waals surface area (Å²) in [6, 6.07) is 4.64. The van der Waals surface area contributed by atoms with E-state index in [2.05, 4.69) is 0 Å². The number of methoxy groups -OCH3 is 1. The third-order valence-corrected chi connectivity index (χ3v) is 3.53. The molecule has 2 N–H and O–H groups in total. The zero-order valence-corrected chi connectivity index (χ0v) is 11.2. The van der Waals surface area contributed by atoms with Gasteiger partial charge in [-0.05, 0) is 25.0 Å². The van der Waals surface area contributed by atoms with E-state index in [-0.39, 0.29) is 23.3 Å². The Bertz CT molecular complexity index is 532. The van der Waals surface area contributed by atoms with Gasteiger partial charge in [-0.25, -0.2) is 0 Å². The molecule has 0 bridgehead atoms. The Kier molecular flexibility index (Phi) is 4.07. The third-order valence-electron chi connectivity index (χ3n) is 3.53. The Morgan fingerprint density at radius 2 is 2.30 bits per heavy atom. The summed E-state index contributed by atoms with van der Waals surface area (Å²) in [5, 5.41) is 10.7. The predicted octanol–water partition coefficient (Wildman–Crippen LogP) is 1.57. The lowest BCUT2D eigenvalue weighted by Crippen LogP contribution is -2.39. The van der Waals surface area contributed by atoms with Crippen LogP contribution in [0.5, 0.6) is 0 Å². The van der Waals surface area contributed by atoms with Gasteiger partial charge >= 0.3 is 5.97 Å². The summed E-state index contributed by atoms with van der Waals surface area (Å²) in [5.41, 5.74) is 6.51. The Hall–Kier alpha value is -2.31. The number of ether oxygens (including phenoxy) is 1. The lowest BCUT2D eigenvalue weighted by Gasteiger charge is -2.33. The molecule has 1 aliphatic heterocycles. The summed E-state index contributed by atoms with van der Waals surface area (Å²) in [6.07, 6.45) is 1.67. The second-order valence-corrected chi connectivity index (χ2v) is 4.81. The fourth-order valence-electron chi connectivity index (χ4n) is 2.48. The van der Waals surface area contributed by atoms with Crippen LogP contribution in [0.1, 0.15) is 12.8 Å². The number of nitrogens with zero attached hydrogens (tertiary/aromatic N) is 2. The molecule has 0 aliphatic carbocycles. The number of anilines is 2. The highest BCUT2D eigenvalue weighted by atomic mass is 16.6. The standard InChI is InChI=1S/C13H17N3O4/c1-20-13(17)9-3-2-6-15(8-9)10-4-5-12(16(18)19)11(14)7-10/h4-5,7,9H,2-3,6,8,14H2,1H3. The molecule has 2 rings (SSSR count). The molecule has 1 unspecified atom stereocenters. The molecule has 7 nitrogen and oxygen atoms in total. The largest absolute Gasteiger partial charge is 0.469 e. The van der Waals surface area contributed by atoms with Gasteiger partial charge in [-0.1, -0.05) is 0 Å². The van der Waals surface area contributed by atoms with Crippen LogP contribution in [0, 0.1) is 16.0 Å². The maximum absolute atomic E-state index is 11.6. The number of carbonyl (C=O) groups is 1. The molecule has 1 aromatic carbocycles. The molecule has 1 atom stereocenters. The van der Waals surface area contributed by atoms with E-state index >= 15 is 0 Å². The second kappa shape index (κ2) is 5.77. The minimum atomic E-state index is -0.507. The molecule has 20 heavy (non-hydrogen) atoms. The number of carbonyl (C=O) groups excluding carboxylic acids is 1. The monoisotopic (exact) mass is 279 g/mol. The van der Waals surface area contributed by atoms with Gasteiger partial charge in [-0.2, -0.15) is 0 Å². The number of piperidine rings is 1. The minimum absolute atomic E-state index is 0.102. The van der Waals surface area contributed by atoms with Crippen molar-refractivity contribution in [3.8, 4) is 0 Å². The van der Waals surface area contributed by atoms with Gasteiger partial charge in [-0.15, -0.1) is 0 Å². The highest BCUT2D eigenvalue weighted by molar-refractivity contribution is 5.74. The number of nitrogen functional groups attached to an aromatic ring is 1. The summed E-state index contributed by atoms with van der Waals surface area (Å²) in [4.78, 5) is 23.8. The molecular weight excluding hydrogens is 262 g/mol. The first-order valence-corrected chi connectivity index (χ1v) is 6.39. The number of hydrogen-bond acceptors (Lipinski definition) is 6. The van der Waals surface area contributed by atoms with Gasteiger partial charge in [0.2, 0.25) is 0 Å². The molecule has 0 saturated carbocycles. The number of esters is 1. The molecule has 0 spiro atoms. The van der Waals surface area contributed by atoms with Gasteiger partial charge < -0.3 is 15.4 Å². The van der Waals surface area contributed by atoms with E-state index in [0.717, 1.165) is 25.1 Å². The van der Waals surface area contributed by atoms with E-state index in [9.17, 15) is 14.9 Å². The second-order valence-electron chi connectivity index (χ2n) is 4.81. The van der Waals surface area contributed by atoms with E-state index in [4.69, 9.17) is 10.5 Å². The summed E-state index contributed by atoms with van der Waals surface area (Å²) in [6.45, 7) is 1.34. The highest BCUT2D eigenvalue weighted by Crippen LogP contribution is 2.29. The van der Waals surface area contributed by atoms with Crippen molar-refractivity contribution in [3.63, 3.8) is 0 Å². The quantitative estimate of drug-likeness (QED) is 0.390. The molecule has 1 heterocycles. The Balaban J connectivity index is 2.17. The van der Waals surface area contributed by atoms with Gasteiger partial charge in [0.15, 0.2) is 0 Å². The van der Waals surface area contributed by atoms with Crippen molar-refractivity contribution in [3.05, 3.63) is 28.3 Å². The minimum Gasteiger partial charge on any atom is -0.469 e. The molecule has 0 aromatic heterocycles. The number of nitrogens with two attached hydrogens (primary N) is 1. The van der Waals surface area contributed by atoms with Gasteiger partial charge in [0.25, 0.3) is 5.69 Å². The van der Waals surface area contributed by atoms with E-state index < -0.39 is 4.92 Å². The number of rotatable bonds is 3. The summed E-state index contributed by atoms with van der Waals surface area (Å²) >= 11 is 0. The highest BCUT2D eigenvalue weighted by Gasteiger charge is 2.27. The van der Waals surface area contributed by atoms with Crippen molar-refractivity contribution < 1.29 is 14.5 Å². The molecule has 108 valence electrons. The van der Waals surface area contributed by atoms with Crippen molar-refractivity contribution in [2.24, 2.45) is 5.92 Å². The van der Waals surface area contributed by atoms with Crippen LogP contribution in [0.15, 0.2) is 18.2 Å². The first kappa shape index (κ1) is 14.1. The average molecular weight is 279 g/mol. The fourth-order valence-corrected chi connectivity index (χ4v) is 2.48. The van der Waals surface area contributed by atoms with Crippen molar-refractivity contribution in [2.75, 3.05) is 30.8 Å². The van der Waals surface area contributed by atoms with Gasteiger partial charge in [0, 0.05) is 24.8 Å². The Morgan fingerprint density at radius 3 is 2.90 bits per heavy atom. The maximum Gasteiger partial charge on any atom is 0.310 e. The number of nitro groups is 1. The maximum atomic E-state index is 11.6. The SMILES string of the molecule is COC(=O)C1CCCN(c2ccc([N+](=O)[O-])c(N)c2)C1. The van der Waals surface area contributed by atoms with Crippen molar-refractivity contribution >= 4 is 23.0 Å². The average Bonchev–Trinajstić information content (AvgIpc) is 2.46. The Labute approximate surface area is 116 Å². The molecule has 1 saturated heterocycles. The van der Waals surface area contributed by atoms with Crippen LogP contribution < -0.4 is 10.6 Å². The van der Waals surface area contributed by atoms with E-state index in [0.29, 0.717) is 6.54 Å². The van der Waals surface area contributed by atoms with Crippen molar-refractivity contribution in [1.29, 1.82) is 0 Å². The molecule has 0 radical (unpaired) electrons. The summed E-state index contributed by atoms with van der Waals surface area (Å²) in [7, 11) is 1.38. The van der Waals surface area contributed by atoms with Crippen LogP contribution in [0.25, 0.3) is 0 Å². The first-order chi connectivity index (χ1) is 9.52. The summed E-state index contributed by atoms with van der Waals surface area (Å²) in [5.74, 6) is -0.380. The van der Waals surface area contributed by atoms with E-state index in [1.807, 2.05) is 4.90 Å². The van der Waals surface area contributed by atoms with Crippen LogP contribution in [-0.2, 0) is 9.53 Å². The zero-order valence-electron chi connectivity index (χ0n) is 11.2. The van der Waals surface area contributed by atoms with E-state index in [1.54, 1.807) is 12.1 Å². The Morgan fingerprint density at radius 1 is 1.55 bits per heavy atom. The molecule has 1 aliphatic rings. The van der Waals surface area contributed by atoms with Crippen LogP contribution in [-0.4, -0.2) is 31.1 Å². The predicted molar refractivity (Wildman–Crippen MR) is 74.5 cm³/mol. The fraction of sp³-hybridized carbons (Fsp3) is 0.462. The summed E-state index contributed by atoms with van der Waals surface area (Å²) < 4.78 is 4.77. The van der Waals surface area contributed by atoms with Gasteiger partial charge in [0.1, 0.15) is 5.69 Å². The number of benzene rings is 1. The van der Waals surface area contributed by atoms with Gasteiger partial charge in [-0.3, -0.25) is 14.9 Å². The number of hydrogen-bond donors (Lipinski definition) is 1. The lowest BCUT2D eigenvalue weighted by molar-refractivity contribution is -0.383.